The highest BCUT2D eigenvalue weighted by molar-refractivity contribution is 6.05. The van der Waals surface area contributed by atoms with Gasteiger partial charge in [0.1, 0.15) is 11.3 Å². The molecule has 6 rings (SSSR count). The number of piperidine rings is 1. The molecule has 1 amide bonds. The van der Waals surface area contributed by atoms with Gasteiger partial charge in [-0.3, -0.25) is 9.69 Å². The maximum atomic E-state index is 13.0. The molecule has 3 heterocycles. The number of hydrogen-bond acceptors (Lipinski definition) is 5. The highest BCUT2D eigenvalue weighted by Gasteiger charge is 2.74. The molecule has 142 valence electrons. The van der Waals surface area contributed by atoms with E-state index in [9.17, 15) is 4.79 Å². The molecule has 1 saturated carbocycles. The molecule has 1 N–H and O–H groups in total. The average molecular weight is 375 g/mol. The molecule has 1 aliphatic carbocycles. The molecule has 3 aliphatic rings. The molecule has 28 heavy (non-hydrogen) atoms. The van der Waals surface area contributed by atoms with Gasteiger partial charge in [0, 0.05) is 23.6 Å². The number of carbonyl (C=O) groups excluding carboxylic acids is 1. The summed E-state index contributed by atoms with van der Waals surface area (Å²) in [6.45, 7) is 2.35. The highest BCUT2D eigenvalue weighted by Crippen LogP contribution is 2.62. The normalized spacial score (nSPS) is 27.8. The van der Waals surface area contributed by atoms with Crippen molar-refractivity contribution < 1.29 is 13.9 Å². The Morgan fingerprint density at radius 1 is 1.29 bits per heavy atom. The lowest BCUT2D eigenvalue weighted by atomic mass is 10.0. The number of para-hydroxylation sites is 1. The largest absolute Gasteiger partial charge is 0.497 e. The molecule has 3 atom stereocenters. The summed E-state index contributed by atoms with van der Waals surface area (Å²) in [7, 11) is 1.63. The monoisotopic (exact) mass is 375 g/mol. The molecule has 3 aromatic rings. The Morgan fingerprint density at radius 2 is 2.18 bits per heavy atom. The summed E-state index contributed by atoms with van der Waals surface area (Å²) in [5.74, 6) is 1.79. The number of methoxy groups -OCH3 is 1. The minimum Gasteiger partial charge on any atom is -0.497 e. The van der Waals surface area contributed by atoms with E-state index in [4.69, 9.17) is 9.15 Å². The summed E-state index contributed by atoms with van der Waals surface area (Å²) in [5, 5.41) is 3.27. The van der Waals surface area contributed by atoms with Crippen LogP contribution in [0.25, 0.3) is 22.6 Å². The third-order valence-electron chi connectivity index (χ3n) is 6.82. The third kappa shape index (κ3) is 2.06. The van der Waals surface area contributed by atoms with Crippen LogP contribution in [0.15, 0.2) is 46.9 Å². The molecule has 1 spiro atoms. The summed E-state index contributed by atoms with van der Waals surface area (Å²) >= 11 is 0. The second-order valence-electron chi connectivity index (χ2n) is 7.98. The number of nitrogens with zero attached hydrogens (tertiary/aromatic N) is 2. The zero-order valence-electron chi connectivity index (χ0n) is 15.6. The van der Waals surface area contributed by atoms with Crippen LogP contribution in [0.4, 0.5) is 0 Å². The number of rotatable bonds is 4. The van der Waals surface area contributed by atoms with Crippen LogP contribution in [-0.2, 0) is 0 Å². The number of ether oxygens (including phenoxy) is 1. The van der Waals surface area contributed by atoms with Crippen LogP contribution >= 0.6 is 0 Å². The van der Waals surface area contributed by atoms with E-state index in [-0.39, 0.29) is 17.5 Å². The summed E-state index contributed by atoms with van der Waals surface area (Å²) < 4.78 is 11.2. The third-order valence-corrected chi connectivity index (χ3v) is 6.82. The van der Waals surface area contributed by atoms with Gasteiger partial charge in [-0.05, 0) is 49.7 Å². The molecule has 0 radical (unpaired) electrons. The van der Waals surface area contributed by atoms with Crippen LogP contribution in [-0.4, -0.2) is 47.6 Å². The maximum absolute atomic E-state index is 13.0. The van der Waals surface area contributed by atoms with E-state index < -0.39 is 0 Å². The van der Waals surface area contributed by atoms with Gasteiger partial charge >= 0.3 is 0 Å². The van der Waals surface area contributed by atoms with Gasteiger partial charge in [0.15, 0.2) is 5.58 Å². The lowest BCUT2D eigenvalue weighted by Gasteiger charge is -2.40. The Balaban J connectivity index is 1.31. The Kier molecular flexibility index (Phi) is 3.21. The van der Waals surface area contributed by atoms with E-state index in [1.165, 1.54) is 25.9 Å². The summed E-state index contributed by atoms with van der Waals surface area (Å²) in [6, 6.07) is 13.4. The number of carbonyl (C=O) groups is 1. The Hall–Kier alpha value is -2.86. The second-order valence-corrected chi connectivity index (χ2v) is 7.98. The molecule has 6 heteroatoms. The van der Waals surface area contributed by atoms with Gasteiger partial charge in [-0.1, -0.05) is 12.1 Å². The van der Waals surface area contributed by atoms with Gasteiger partial charge in [0.25, 0.3) is 5.91 Å². The Labute approximate surface area is 162 Å². The maximum Gasteiger partial charge on any atom is 0.253 e. The molecule has 2 aliphatic heterocycles. The molecular formula is C22H21N3O3. The van der Waals surface area contributed by atoms with Crippen LogP contribution in [0.2, 0.25) is 0 Å². The number of fused-ring (bicyclic) bond motifs is 1. The van der Waals surface area contributed by atoms with Gasteiger partial charge in [-0.2, -0.15) is 0 Å². The van der Waals surface area contributed by atoms with Gasteiger partial charge in [0.05, 0.1) is 18.7 Å². The fourth-order valence-corrected chi connectivity index (χ4v) is 5.29. The Morgan fingerprint density at radius 3 is 2.96 bits per heavy atom. The Bertz CT molecular complexity index is 1110. The summed E-state index contributed by atoms with van der Waals surface area (Å²) in [4.78, 5) is 20.2. The molecule has 6 nitrogen and oxygen atoms in total. The van der Waals surface area contributed by atoms with Crippen molar-refractivity contribution >= 4 is 17.0 Å². The SMILES string of the molecule is COc1cccc(-c2nc3c(C(=O)NC4C5CCN6CCC546)cccc3o2)c1. The first-order chi connectivity index (χ1) is 13.7. The van der Waals surface area contributed by atoms with Crippen molar-refractivity contribution in [1.82, 2.24) is 15.2 Å². The van der Waals surface area contributed by atoms with Crippen molar-refractivity contribution in [2.75, 3.05) is 20.2 Å². The minimum atomic E-state index is -0.0586. The second kappa shape index (κ2) is 5.58. The zero-order chi connectivity index (χ0) is 18.9. The van der Waals surface area contributed by atoms with E-state index in [2.05, 4.69) is 15.2 Å². The summed E-state index contributed by atoms with van der Waals surface area (Å²) in [6.07, 6.45) is 2.40. The number of nitrogens with one attached hydrogen (secondary N) is 1. The van der Waals surface area contributed by atoms with Gasteiger partial charge < -0.3 is 14.5 Å². The van der Waals surface area contributed by atoms with Gasteiger partial charge in [-0.15, -0.1) is 0 Å². The molecule has 0 bridgehead atoms. The fraction of sp³-hybridized carbons (Fsp3) is 0.364. The topological polar surface area (TPSA) is 67.6 Å². The molecule has 3 fully saturated rings. The number of oxazole rings is 1. The predicted molar refractivity (Wildman–Crippen MR) is 104 cm³/mol. The highest BCUT2D eigenvalue weighted by atomic mass is 16.5. The van der Waals surface area contributed by atoms with Crippen LogP contribution in [0.5, 0.6) is 5.75 Å². The van der Waals surface area contributed by atoms with Gasteiger partial charge in [-0.25, -0.2) is 4.98 Å². The number of benzene rings is 2. The van der Waals surface area contributed by atoms with E-state index in [1.807, 2.05) is 42.5 Å². The smallest absolute Gasteiger partial charge is 0.253 e. The number of amides is 1. The van der Waals surface area contributed by atoms with Crippen molar-refractivity contribution in [3.05, 3.63) is 48.0 Å². The average Bonchev–Trinajstić information content (AvgIpc) is 3.02. The van der Waals surface area contributed by atoms with Crippen molar-refractivity contribution in [3.8, 4) is 17.2 Å². The van der Waals surface area contributed by atoms with Crippen LogP contribution < -0.4 is 10.1 Å². The van der Waals surface area contributed by atoms with E-state index in [0.29, 0.717) is 28.5 Å². The lowest BCUT2D eigenvalue weighted by molar-refractivity contribution is 0.0773. The van der Waals surface area contributed by atoms with Crippen LogP contribution in [0.3, 0.4) is 0 Å². The summed E-state index contributed by atoms with van der Waals surface area (Å²) in [5.41, 5.74) is 2.88. The molecule has 3 unspecified atom stereocenters. The van der Waals surface area contributed by atoms with Crippen molar-refractivity contribution in [2.24, 2.45) is 5.92 Å². The predicted octanol–water partition coefficient (Wildman–Crippen LogP) is 3.08. The minimum absolute atomic E-state index is 0.0586. The first kappa shape index (κ1) is 16.1. The van der Waals surface area contributed by atoms with Crippen molar-refractivity contribution in [1.29, 1.82) is 0 Å². The lowest BCUT2D eigenvalue weighted by Crippen LogP contribution is -2.53. The first-order valence-electron chi connectivity index (χ1n) is 9.80. The molecule has 1 aromatic heterocycles. The van der Waals surface area contributed by atoms with Gasteiger partial charge in [0.2, 0.25) is 5.89 Å². The first-order valence-corrected chi connectivity index (χ1v) is 9.80. The number of hydrogen-bond donors (Lipinski definition) is 1. The van der Waals surface area contributed by atoms with E-state index in [1.54, 1.807) is 7.11 Å². The molecular weight excluding hydrogens is 354 g/mol. The quantitative estimate of drug-likeness (QED) is 0.759. The number of aromatic nitrogens is 1. The molecule has 2 saturated heterocycles. The molecule has 2 aromatic carbocycles. The van der Waals surface area contributed by atoms with E-state index in [0.717, 1.165) is 11.3 Å². The van der Waals surface area contributed by atoms with Crippen molar-refractivity contribution in [2.45, 2.75) is 24.4 Å². The zero-order valence-corrected chi connectivity index (χ0v) is 15.6. The van der Waals surface area contributed by atoms with E-state index >= 15 is 0 Å². The van der Waals surface area contributed by atoms with Crippen LogP contribution in [0.1, 0.15) is 23.2 Å². The van der Waals surface area contributed by atoms with Crippen LogP contribution in [0, 0.1) is 5.92 Å². The fourth-order valence-electron chi connectivity index (χ4n) is 5.29. The standard InChI is InChI=1S/C22H21N3O3/c1-27-14-5-2-4-13(12-14)21-23-18-15(6-3-7-17(18)28-21)20(26)24-19-16-8-10-25-11-9-22(16,19)25/h2-7,12,16,19H,8-11H2,1H3,(H,24,26). The van der Waals surface area contributed by atoms with Crippen molar-refractivity contribution in [3.63, 3.8) is 0 Å².